The third-order valence-electron chi connectivity index (χ3n) is 4.46. The van der Waals surface area contributed by atoms with Crippen molar-refractivity contribution in [3.63, 3.8) is 0 Å². The van der Waals surface area contributed by atoms with E-state index in [2.05, 4.69) is 30.2 Å². The molecule has 1 saturated heterocycles. The average Bonchev–Trinajstić information content (AvgIpc) is 3.34. The first-order valence-corrected chi connectivity index (χ1v) is 8.63. The summed E-state index contributed by atoms with van der Waals surface area (Å²) in [5.74, 6) is 0.597. The van der Waals surface area contributed by atoms with E-state index in [1.165, 1.54) is 0 Å². The van der Waals surface area contributed by atoms with E-state index in [-0.39, 0.29) is 11.9 Å². The number of pyridine rings is 1. The SMILES string of the molecule is Cc1cncc(C(=O)NC2CCN(c3nccc(-c4ccc[nH]4)n3)C2)c1. The van der Waals surface area contributed by atoms with Crippen molar-refractivity contribution in [2.75, 3.05) is 18.0 Å². The smallest absolute Gasteiger partial charge is 0.253 e. The Morgan fingerprint density at radius 3 is 3.08 bits per heavy atom. The lowest BCUT2D eigenvalue weighted by Gasteiger charge is -2.17. The number of amides is 1. The minimum atomic E-state index is -0.0888. The van der Waals surface area contributed by atoms with Gasteiger partial charge in [0, 0.05) is 43.9 Å². The summed E-state index contributed by atoms with van der Waals surface area (Å²) in [4.78, 5) is 30.8. The molecule has 3 aromatic rings. The molecule has 7 nitrogen and oxygen atoms in total. The Kier molecular flexibility index (Phi) is 4.35. The molecule has 7 heteroatoms. The number of H-pyrrole nitrogens is 1. The zero-order valence-electron chi connectivity index (χ0n) is 14.5. The second-order valence-electron chi connectivity index (χ2n) is 6.48. The Balaban J connectivity index is 1.42. The first-order chi connectivity index (χ1) is 12.7. The monoisotopic (exact) mass is 348 g/mol. The van der Waals surface area contributed by atoms with E-state index in [4.69, 9.17) is 0 Å². The van der Waals surface area contributed by atoms with Crippen molar-refractivity contribution < 1.29 is 4.79 Å². The number of carbonyl (C=O) groups excluding carboxylic acids is 1. The minimum absolute atomic E-state index is 0.0701. The van der Waals surface area contributed by atoms with Gasteiger partial charge in [0.2, 0.25) is 5.95 Å². The first-order valence-electron chi connectivity index (χ1n) is 8.63. The number of rotatable bonds is 4. The van der Waals surface area contributed by atoms with Gasteiger partial charge in [-0.15, -0.1) is 0 Å². The Hall–Kier alpha value is -3.22. The van der Waals surface area contributed by atoms with Gasteiger partial charge in [0.05, 0.1) is 17.0 Å². The fourth-order valence-electron chi connectivity index (χ4n) is 3.15. The minimum Gasteiger partial charge on any atom is -0.360 e. The number of anilines is 1. The van der Waals surface area contributed by atoms with Crippen LogP contribution in [0.4, 0.5) is 5.95 Å². The van der Waals surface area contributed by atoms with Crippen molar-refractivity contribution >= 4 is 11.9 Å². The second-order valence-corrected chi connectivity index (χ2v) is 6.48. The Morgan fingerprint density at radius 1 is 1.35 bits per heavy atom. The molecule has 0 aromatic carbocycles. The predicted octanol–water partition coefficient (Wildman–Crippen LogP) is 2.18. The lowest BCUT2D eigenvalue weighted by Crippen LogP contribution is -2.37. The van der Waals surface area contributed by atoms with Crippen molar-refractivity contribution in [1.29, 1.82) is 0 Å². The first kappa shape index (κ1) is 16.3. The predicted molar refractivity (Wildman–Crippen MR) is 98.9 cm³/mol. The van der Waals surface area contributed by atoms with Crippen molar-refractivity contribution in [3.05, 3.63) is 60.2 Å². The number of carbonyl (C=O) groups is 1. The third-order valence-corrected chi connectivity index (χ3v) is 4.46. The van der Waals surface area contributed by atoms with Crippen LogP contribution in [0.15, 0.2) is 49.1 Å². The van der Waals surface area contributed by atoms with Gasteiger partial charge in [-0.1, -0.05) is 0 Å². The van der Waals surface area contributed by atoms with Crippen LogP contribution in [-0.4, -0.2) is 45.0 Å². The molecule has 0 spiro atoms. The number of nitrogens with one attached hydrogen (secondary N) is 2. The molecule has 1 aliphatic rings. The average molecular weight is 348 g/mol. The molecule has 4 rings (SSSR count). The largest absolute Gasteiger partial charge is 0.360 e. The zero-order chi connectivity index (χ0) is 17.9. The van der Waals surface area contributed by atoms with Gasteiger partial charge in [-0.25, -0.2) is 9.97 Å². The van der Waals surface area contributed by atoms with E-state index < -0.39 is 0 Å². The van der Waals surface area contributed by atoms with E-state index >= 15 is 0 Å². The number of hydrogen-bond acceptors (Lipinski definition) is 5. The van der Waals surface area contributed by atoms with Gasteiger partial charge in [-0.2, -0.15) is 0 Å². The van der Waals surface area contributed by atoms with Gasteiger partial charge >= 0.3 is 0 Å². The fraction of sp³-hybridized carbons (Fsp3) is 0.263. The molecule has 0 aliphatic carbocycles. The van der Waals surface area contributed by atoms with Crippen LogP contribution in [-0.2, 0) is 0 Å². The van der Waals surface area contributed by atoms with E-state index in [1.54, 1.807) is 18.6 Å². The van der Waals surface area contributed by atoms with Crippen LogP contribution in [0, 0.1) is 6.92 Å². The van der Waals surface area contributed by atoms with Gasteiger partial charge in [-0.05, 0) is 43.2 Å². The maximum absolute atomic E-state index is 12.4. The Labute approximate surface area is 151 Å². The molecule has 0 bridgehead atoms. The highest BCUT2D eigenvalue weighted by Gasteiger charge is 2.26. The number of aryl methyl sites for hydroxylation is 1. The molecule has 26 heavy (non-hydrogen) atoms. The molecule has 0 saturated carbocycles. The van der Waals surface area contributed by atoms with Crippen molar-refractivity contribution in [1.82, 2.24) is 25.3 Å². The van der Waals surface area contributed by atoms with Gasteiger partial charge in [0.15, 0.2) is 0 Å². The molecule has 1 atom stereocenters. The van der Waals surface area contributed by atoms with E-state index in [0.717, 1.165) is 29.9 Å². The second kappa shape index (κ2) is 6.95. The summed E-state index contributed by atoms with van der Waals surface area (Å²) in [6.07, 6.45) is 7.84. The van der Waals surface area contributed by atoms with Crippen LogP contribution >= 0.6 is 0 Å². The maximum atomic E-state index is 12.4. The molecule has 132 valence electrons. The Morgan fingerprint density at radius 2 is 2.27 bits per heavy atom. The quantitative estimate of drug-likeness (QED) is 0.755. The summed E-state index contributed by atoms with van der Waals surface area (Å²) in [7, 11) is 0. The number of nitrogens with zero attached hydrogens (tertiary/aromatic N) is 4. The van der Waals surface area contributed by atoms with Crippen LogP contribution < -0.4 is 10.2 Å². The summed E-state index contributed by atoms with van der Waals surface area (Å²) < 4.78 is 0. The summed E-state index contributed by atoms with van der Waals surface area (Å²) >= 11 is 0. The fourth-order valence-corrected chi connectivity index (χ4v) is 3.15. The topological polar surface area (TPSA) is 86.8 Å². The van der Waals surface area contributed by atoms with Crippen molar-refractivity contribution in [3.8, 4) is 11.4 Å². The summed E-state index contributed by atoms with van der Waals surface area (Å²) in [6, 6.07) is 7.72. The van der Waals surface area contributed by atoms with Gasteiger partial charge in [-0.3, -0.25) is 9.78 Å². The van der Waals surface area contributed by atoms with Crippen LogP contribution in [0.1, 0.15) is 22.3 Å². The van der Waals surface area contributed by atoms with Crippen molar-refractivity contribution in [2.24, 2.45) is 0 Å². The molecule has 1 amide bonds. The van der Waals surface area contributed by atoms with E-state index in [9.17, 15) is 4.79 Å². The molecule has 1 unspecified atom stereocenters. The number of aromatic nitrogens is 4. The molecular weight excluding hydrogens is 328 g/mol. The standard InChI is InChI=1S/C19H20N6O/c1-13-9-14(11-20-10-13)18(26)23-15-5-8-25(12-15)19-22-7-4-17(24-19)16-3-2-6-21-16/h2-4,6-7,9-11,15,21H,5,8,12H2,1H3,(H,23,26). The highest BCUT2D eigenvalue weighted by molar-refractivity contribution is 5.94. The normalized spacial score (nSPS) is 16.7. The Bertz CT molecular complexity index is 908. The highest BCUT2D eigenvalue weighted by Crippen LogP contribution is 2.20. The third kappa shape index (κ3) is 3.42. The summed E-state index contributed by atoms with van der Waals surface area (Å²) in [6.45, 7) is 3.43. The van der Waals surface area contributed by atoms with Crippen LogP contribution in [0.3, 0.4) is 0 Å². The van der Waals surface area contributed by atoms with Crippen LogP contribution in [0.25, 0.3) is 11.4 Å². The lowest BCUT2D eigenvalue weighted by atomic mass is 10.2. The number of aromatic amines is 1. The van der Waals surface area contributed by atoms with Crippen LogP contribution in [0.2, 0.25) is 0 Å². The summed E-state index contributed by atoms with van der Waals surface area (Å²) in [5, 5.41) is 3.08. The molecule has 1 fully saturated rings. The number of hydrogen-bond donors (Lipinski definition) is 2. The molecule has 4 heterocycles. The molecule has 0 radical (unpaired) electrons. The molecule has 2 N–H and O–H groups in total. The lowest BCUT2D eigenvalue weighted by molar-refractivity contribution is 0.0940. The van der Waals surface area contributed by atoms with Gasteiger partial charge in [0.1, 0.15) is 0 Å². The maximum Gasteiger partial charge on any atom is 0.253 e. The molecular formula is C19H20N6O. The van der Waals surface area contributed by atoms with Crippen LogP contribution in [0.5, 0.6) is 0 Å². The molecule has 1 aliphatic heterocycles. The van der Waals surface area contributed by atoms with E-state index in [1.807, 2.05) is 37.4 Å². The van der Waals surface area contributed by atoms with Gasteiger partial charge < -0.3 is 15.2 Å². The zero-order valence-corrected chi connectivity index (χ0v) is 14.5. The van der Waals surface area contributed by atoms with Gasteiger partial charge in [0.25, 0.3) is 5.91 Å². The highest BCUT2D eigenvalue weighted by atomic mass is 16.1. The summed E-state index contributed by atoms with van der Waals surface area (Å²) in [5.41, 5.74) is 3.39. The van der Waals surface area contributed by atoms with Crippen molar-refractivity contribution in [2.45, 2.75) is 19.4 Å². The van der Waals surface area contributed by atoms with E-state index in [0.29, 0.717) is 18.1 Å². The molecule has 3 aromatic heterocycles.